The van der Waals surface area contributed by atoms with Gasteiger partial charge in [-0.1, -0.05) is 31.4 Å². The summed E-state index contributed by atoms with van der Waals surface area (Å²) >= 11 is 0. The van der Waals surface area contributed by atoms with Crippen LogP contribution in [0.3, 0.4) is 0 Å². The Morgan fingerprint density at radius 1 is 0.629 bits per heavy atom. The second-order valence-corrected chi connectivity index (χ2v) is 8.87. The Hall–Kier alpha value is -3.95. The highest BCUT2D eigenvalue weighted by Crippen LogP contribution is 2.33. The molecule has 1 saturated carbocycles. The molecule has 1 aromatic heterocycles. The number of benzene rings is 2. The smallest absolute Gasteiger partial charge is 0.231 e. The number of hydrogen-bond donors (Lipinski definition) is 3. The largest absolute Gasteiger partial charge is 0.454 e. The summed E-state index contributed by atoms with van der Waals surface area (Å²) in [4.78, 5) is 13.9. The summed E-state index contributed by atoms with van der Waals surface area (Å²) in [5.41, 5.74) is 2.10. The van der Waals surface area contributed by atoms with Crippen molar-refractivity contribution in [1.29, 1.82) is 0 Å². The molecule has 3 aliphatic rings. The van der Waals surface area contributed by atoms with E-state index in [1.165, 1.54) is 19.3 Å². The maximum absolute atomic E-state index is 5.49. The minimum absolute atomic E-state index is 0.258. The maximum atomic E-state index is 5.49. The lowest BCUT2D eigenvalue weighted by Gasteiger charge is -2.23. The van der Waals surface area contributed by atoms with E-state index in [1.807, 2.05) is 36.4 Å². The molecule has 2 aliphatic heterocycles. The van der Waals surface area contributed by atoms with E-state index in [0.717, 1.165) is 47.0 Å². The van der Waals surface area contributed by atoms with Gasteiger partial charge in [0.05, 0.1) is 0 Å². The van der Waals surface area contributed by atoms with Gasteiger partial charge in [0.15, 0.2) is 23.0 Å². The molecule has 6 rings (SSSR count). The molecule has 1 fully saturated rings. The monoisotopic (exact) mass is 476 g/mol. The van der Waals surface area contributed by atoms with Gasteiger partial charge in [-0.15, -0.1) is 0 Å². The van der Waals surface area contributed by atoms with Crippen molar-refractivity contribution in [2.24, 2.45) is 0 Å². The fourth-order valence-electron chi connectivity index (χ4n) is 4.49. The second-order valence-electron chi connectivity index (χ2n) is 8.87. The zero-order chi connectivity index (χ0) is 23.5. The van der Waals surface area contributed by atoms with Gasteiger partial charge < -0.3 is 34.9 Å². The molecule has 1 aliphatic carbocycles. The molecular formula is C25H28N6O4. The predicted octanol–water partition coefficient (Wildman–Crippen LogP) is 4.30. The third kappa shape index (κ3) is 5.11. The summed E-state index contributed by atoms with van der Waals surface area (Å²) in [5, 5.41) is 10.2. The predicted molar refractivity (Wildman–Crippen MR) is 130 cm³/mol. The van der Waals surface area contributed by atoms with Gasteiger partial charge in [-0.25, -0.2) is 0 Å². The van der Waals surface area contributed by atoms with Gasteiger partial charge in [-0.05, 0) is 48.2 Å². The lowest BCUT2D eigenvalue weighted by molar-refractivity contribution is 0.173. The molecule has 0 amide bonds. The molecule has 35 heavy (non-hydrogen) atoms. The third-order valence-electron chi connectivity index (χ3n) is 6.35. The first-order valence-electron chi connectivity index (χ1n) is 12.1. The topological polar surface area (TPSA) is 112 Å². The molecule has 3 aromatic rings. The van der Waals surface area contributed by atoms with E-state index in [2.05, 4.69) is 30.9 Å². The first-order valence-corrected chi connectivity index (χ1v) is 12.1. The van der Waals surface area contributed by atoms with Crippen LogP contribution in [0.4, 0.5) is 17.8 Å². The molecule has 0 spiro atoms. The Balaban J connectivity index is 1.17. The maximum Gasteiger partial charge on any atom is 0.231 e. The zero-order valence-corrected chi connectivity index (χ0v) is 19.4. The number of aromatic nitrogens is 3. The summed E-state index contributed by atoms with van der Waals surface area (Å²) in [6.45, 7) is 1.61. The van der Waals surface area contributed by atoms with Crippen LogP contribution in [-0.4, -0.2) is 34.6 Å². The Morgan fingerprint density at radius 3 is 1.71 bits per heavy atom. The van der Waals surface area contributed by atoms with E-state index in [0.29, 0.717) is 37.0 Å². The molecule has 0 bridgehead atoms. The van der Waals surface area contributed by atoms with E-state index >= 15 is 0 Å². The van der Waals surface area contributed by atoms with Crippen molar-refractivity contribution in [2.75, 3.05) is 29.5 Å². The lowest BCUT2D eigenvalue weighted by Crippen LogP contribution is -2.24. The first kappa shape index (κ1) is 21.6. The Bertz CT molecular complexity index is 1120. The minimum atomic E-state index is 0.258. The highest BCUT2D eigenvalue weighted by atomic mass is 16.7. The second kappa shape index (κ2) is 9.73. The number of anilines is 3. The molecule has 10 heteroatoms. The number of ether oxygens (including phenoxy) is 4. The molecule has 0 radical (unpaired) electrons. The Kier molecular flexibility index (Phi) is 6.00. The molecule has 10 nitrogen and oxygen atoms in total. The van der Waals surface area contributed by atoms with Crippen molar-refractivity contribution in [3.05, 3.63) is 47.5 Å². The van der Waals surface area contributed by atoms with Crippen LogP contribution in [0.5, 0.6) is 23.0 Å². The molecule has 0 unspecified atom stereocenters. The summed E-state index contributed by atoms with van der Waals surface area (Å²) in [6, 6.07) is 12.2. The van der Waals surface area contributed by atoms with Gasteiger partial charge in [0.25, 0.3) is 0 Å². The van der Waals surface area contributed by atoms with E-state index in [4.69, 9.17) is 18.9 Å². The van der Waals surface area contributed by atoms with Gasteiger partial charge in [0.2, 0.25) is 31.4 Å². The molecule has 0 saturated heterocycles. The number of rotatable bonds is 8. The molecule has 3 heterocycles. The summed E-state index contributed by atoms with van der Waals surface area (Å²) in [6.07, 6.45) is 6.01. The lowest BCUT2D eigenvalue weighted by atomic mass is 9.96. The van der Waals surface area contributed by atoms with Crippen LogP contribution in [0.2, 0.25) is 0 Å². The van der Waals surface area contributed by atoms with Crippen molar-refractivity contribution >= 4 is 17.8 Å². The number of nitrogens with zero attached hydrogens (tertiary/aromatic N) is 3. The van der Waals surface area contributed by atoms with Crippen LogP contribution in [-0.2, 0) is 13.1 Å². The van der Waals surface area contributed by atoms with Crippen LogP contribution >= 0.6 is 0 Å². The molecule has 2 aromatic carbocycles. The Labute approximate surface area is 203 Å². The van der Waals surface area contributed by atoms with Gasteiger partial charge in [0.1, 0.15) is 0 Å². The summed E-state index contributed by atoms with van der Waals surface area (Å²) < 4.78 is 21.8. The molecule has 0 atom stereocenters. The van der Waals surface area contributed by atoms with Crippen LogP contribution in [0, 0.1) is 0 Å². The third-order valence-corrected chi connectivity index (χ3v) is 6.35. The van der Waals surface area contributed by atoms with Crippen molar-refractivity contribution in [2.45, 2.75) is 51.2 Å². The van der Waals surface area contributed by atoms with Crippen LogP contribution in [0.25, 0.3) is 0 Å². The van der Waals surface area contributed by atoms with Gasteiger partial charge in [-0.2, -0.15) is 15.0 Å². The summed E-state index contributed by atoms with van der Waals surface area (Å²) in [7, 11) is 0. The van der Waals surface area contributed by atoms with Crippen molar-refractivity contribution in [1.82, 2.24) is 15.0 Å². The quantitative estimate of drug-likeness (QED) is 0.435. The van der Waals surface area contributed by atoms with E-state index in [9.17, 15) is 0 Å². The van der Waals surface area contributed by atoms with Crippen molar-refractivity contribution in [3.8, 4) is 23.0 Å². The van der Waals surface area contributed by atoms with Crippen molar-refractivity contribution in [3.63, 3.8) is 0 Å². The minimum Gasteiger partial charge on any atom is -0.454 e. The van der Waals surface area contributed by atoms with E-state index in [1.54, 1.807) is 0 Å². The van der Waals surface area contributed by atoms with Crippen LogP contribution < -0.4 is 34.9 Å². The highest BCUT2D eigenvalue weighted by molar-refractivity contribution is 5.48. The zero-order valence-electron chi connectivity index (χ0n) is 19.4. The number of fused-ring (bicyclic) bond motifs is 2. The highest BCUT2D eigenvalue weighted by Gasteiger charge is 2.17. The van der Waals surface area contributed by atoms with Crippen LogP contribution in [0.15, 0.2) is 36.4 Å². The number of hydrogen-bond acceptors (Lipinski definition) is 10. The fourth-order valence-corrected chi connectivity index (χ4v) is 4.49. The van der Waals surface area contributed by atoms with Gasteiger partial charge >= 0.3 is 0 Å². The normalized spacial score (nSPS) is 16.2. The first-order chi connectivity index (χ1) is 17.3. The average Bonchev–Trinajstić information content (AvgIpc) is 3.55. The van der Waals surface area contributed by atoms with Gasteiger partial charge in [-0.3, -0.25) is 0 Å². The van der Waals surface area contributed by atoms with Crippen LogP contribution in [0.1, 0.15) is 43.2 Å². The summed E-state index contributed by atoms with van der Waals surface area (Å²) in [5.74, 6) is 4.63. The molecule has 182 valence electrons. The molecular weight excluding hydrogens is 448 g/mol. The van der Waals surface area contributed by atoms with Gasteiger partial charge in [0, 0.05) is 19.1 Å². The van der Waals surface area contributed by atoms with E-state index in [-0.39, 0.29) is 13.6 Å². The van der Waals surface area contributed by atoms with Crippen molar-refractivity contribution < 1.29 is 18.9 Å². The fraction of sp³-hybridized carbons (Fsp3) is 0.400. The standard InChI is InChI=1S/C25H28N6O4/c1-2-4-18(5-3-1)28-25-30-23(26-12-16-6-8-19-21(10-16)34-14-32-19)29-24(31-25)27-13-17-7-9-20-22(11-17)35-15-33-20/h6-11,18H,1-5,12-15H2,(H3,26,27,28,29,30,31). The SMILES string of the molecule is c1cc2c(cc1CNc1nc(NCc3ccc4c(c3)OCO4)nc(NC3CCCCC3)n1)OCO2. The molecule has 3 N–H and O–H groups in total. The van der Waals surface area contributed by atoms with E-state index < -0.39 is 0 Å². The average molecular weight is 477 g/mol. The Morgan fingerprint density at radius 2 is 1.14 bits per heavy atom. The number of nitrogens with one attached hydrogen (secondary N) is 3.